The Labute approximate surface area is 164 Å². The number of rotatable bonds is 6. The number of hydrogen-bond donors (Lipinski definition) is 0. The minimum Gasteiger partial charge on any atom is -0.336 e. The molecule has 8 heteroatoms. The molecule has 1 amide bonds. The molecule has 0 unspecified atom stereocenters. The number of carbonyl (C=O) groups is 1. The number of benzene rings is 1. The van der Waals surface area contributed by atoms with Crippen LogP contribution in [0.4, 0.5) is 5.69 Å². The number of nitro groups is 1. The van der Waals surface area contributed by atoms with Crippen LogP contribution < -0.4 is 0 Å². The Bertz CT molecular complexity index is 853. The lowest BCUT2D eigenvalue weighted by Gasteiger charge is -2.35. The summed E-state index contributed by atoms with van der Waals surface area (Å²) in [5.41, 5.74) is 0.933. The molecular weight excluding hydrogens is 358 g/mol. The normalized spacial score (nSPS) is 15.2. The highest BCUT2D eigenvalue weighted by Gasteiger charge is 2.24. The maximum absolute atomic E-state index is 12.7. The maximum Gasteiger partial charge on any atom is 0.273 e. The largest absolute Gasteiger partial charge is 0.336 e. The predicted molar refractivity (Wildman–Crippen MR) is 106 cm³/mol. The van der Waals surface area contributed by atoms with Crippen molar-refractivity contribution in [3.63, 3.8) is 0 Å². The summed E-state index contributed by atoms with van der Waals surface area (Å²) in [5, 5.41) is 11.1. The fraction of sp³-hybridized carbons (Fsp3) is 0.500. The highest BCUT2D eigenvalue weighted by Crippen LogP contribution is 2.21. The Morgan fingerprint density at radius 3 is 2.57 bits per heavy atom. The van der Waals surface area contributed by atoms with Crippen LogP contribution in [0.25, 0.3) is 0 Å². The average molecular weight is 385 g/mol. The van der Waals surface area contributed by atoms with Gasteiger partial charge in [-0.1, -0.05) is 19.9 Å². The van der Waals surface area contributed by atoms with Gasteiger partial charge in [0.1, 0.15) is 5.82 Å². The van der Waals surface area contributed by atoms with Crippen molar-refractivity contribution in [2.75, 3.05) is 32.7 Å². The van der Waals surface area contributed by atoms with E-state index in [9.17, 15) is 14.9 Å². The van der Waals surface area contributed by atoms with Crippen molar-refractivity contribution < 1.29 is 9.72 Å². The maximum atomic E-state index is 12.7. The Morgan fingerprint density at radius 1 is 1.21 bits per heavy atom. The molecule has 0 N–H and O–H groups in total. The number of carbonyl (C=O) groups excluding carboxylic acids is 1. The molecule has 3 rings (SSSR count). The van der Waals surface area contributed by atoms with E-state index in [1.54, 1.807) is 24.0 Å². The molecule has 8 nitrogen and oxygen atoms in total. The third-order valence-corrected chi connectivity index (χ3v) is 5.23. The first kappa shape index (κ1) is 20.0. The molecule has 2 aromatic rings. The average Bonchev–Trinajstić information content (AvgIpc) is 3.15. The monoisotopic (exact) mass is 385 g/mol. The minimum atomic E-state index is -0.439. The summed E-state index contributed by atoms with van der Waals surface area (Å²) in [6.45, 7) is 10.6. The number of imidazole rings is 1. The van der Waals surface area contributed by atoms with Gasteiger partial charge in [0.15, 0.2) is 0 Å². The van der Waals surface area contributed by atoms with E-state index in [2.05, 4.69) is 28.3 Å². The molecule has 1 fully saturated rings. The number of aromatic nitrogens is 2. The zero-order valence-electron chi connectivity index (χ0n) is 16.7. The summed E-state index contributed by atoms with van der Waals surface area (Å²) in [4.78, 5) is 31.9. The summed E-state index contributed by atoms with van der Waals surface area (Å²) in [6.07, 6.45) is 3.85. The van der Waals surface area contributed by atoms with Gasteiger partial charge in [-0.3, -0.25) is 19.8 Å². The fourth-order valence-electron chi connectivity index (χ4n) is 3.56. The first-order valence-corrected chi connectivity index (χ1v) is 9.64. The van der Waals surface area contributed by atoms with Crippen LogP contribution in [0, 0.1) is 17.0 Å². The summed E-state index contributed by atoms with van der Waals surface area (Å²) in [7, 11) is 0. The van der Waals surface area contributed by atoms with Gasteiger partial charge >= 0.3 is 0 Å². The standard InChI is InChI=1S/C20H27N5O3/c1-15(2)19-21-6-7-23(19)11-8-22-9-12-24(13-10-22)20(26)17-5-4-16(3)18(14-17)25(27)28/h4-7,14-15H,8-13H2,1-3H3. The highest BCUT2D eigenvalue weighted by atomic mass is 16.6. The molecule has 0 aliphatic carbocycles. The van der Waals surface area contributed by atoms with Gasteiger partial charge in [-0.05, 0) is 13.0 Å². The van der Waals surface area contributed by atoms with Crippen molar-refractivity contribution in [2.45, 2.75) is 33.2 Å². The van der Waals surface area contributed by atoms with Gasteiger partial charge in [0.05, 0.1) is 4.92 Å². The first-order chi connectivity index (χ1) is 13.4. The Morgan fingerprint density at radius 2 is 1.93 bits per heavy atom. The summed E-state index contributed by atoms with van der Waals surface area (Å²) in [5.74, 6) is 1.34. The van der Waals surface area contributed by atoms with Gasteiger partial charge in [-0.2, -0.15) is 0 Å². The van der Waals surface area contributed by atoms with Crippen LogP contribution in [-0.2, 0) is 6.54 Å². The van der Waals surface area contributed by atoms with E-state index < -0.39 is 4.92 Å². The SMILES string of the molecule is Cc1ccc(C(=O)N2CCN(CCn3ccnc3C(C)C)CC2)cc1[N+](=O)[O-]. The number of piperazine rings is 1. The van der Waals surface area contributed by atoms with Crippen molar-refractivity contribution >= 4 is 11.6 Å². The van der Waals surface area contributed by atoms with Crippen LogP contribution in [0.3, 0.4) is 0 Å². The van der Waals surface area contributed by atoms with E-state index in [-0.39, 0.29) is 11.6 Å². The molecule has 1 aromatic heterocycles. The van der Waals surface area contributed by atoms with Crippen molar-refractivity contribution in [3.05, 3.63) is 57.7 Å². The van der Waals surface area contributed by atoms with Gasteiger partial charge in [0, 0.05) is 74.8 Å². The third kappa shape index (κ3) is 4.39. The Kier molecular flexibility index (Phi) is 6.08. The lowest BCUT2D eigenvalue weighted by molar-refractivity contribution is -0.385. The molecule has 0 radical (unpaired) electrons. The van der Waals surface area contributed by atoms with Gasteiger partial charge < -0.3 is 9.47 Å². The molecule has 1 aliphatic rings. The summed E-state index contributed by atoms with van der Waals surface area (Å²) < 4.78 is 2.19. The molecule has 0 spiro atoms. The minimum absolute atomic E-state index is 0.00854. The second-order valence-electron chi connectivity index (χ2n) is 7.53. The third-order valence-electron chi connectivity index (χ3n) is 5.23. The molecular formula is C20H27N5O3. The van der Waals surface area contributed by atoms with Crippen molar-refractivity contribution in [1.82, 2.24) is 19.4 Å². The molecule has 1 saturated heterocycles. The fourth-order valence-corrected chi connectivity index (χ4v) is 3.56. The Balaban J connectivity index is 1.55. The van der Waals surface area contributed by atoms with Crippen LogP contribution in [0.15, 0.2) is 30.6 Å². The van der Waals surface area contributed by atoms with Crippen molar-refractivity contribution in [3.8, 4) is 0 Å². The summed E-state index contributed by atoms with van der Waals surface area (Å²) >= 11 is 0. The molecule has 0 saturated carbocycles. The van der Waals surface area contributed by atoms with E-state index in [1.807, 2.05) is 12.4 Å². The molecule has 150 valence electrons. The van der Waals surface area contributed by atoms with E-state index in [0.29, 0.717) is 30.1 Å². The van der Waals surface area contributed by atoms with E-state index in [4.69, 9.17) is 0 Å². The zero-order chi connectivity index (χ0) is 20.3. The van der Waals surface area contributed by atoms with Gasteiger partial charge in [0.2, 0.25) is 0 Å². The van der Waals surface area contributed by atoms with Gasteiger partial charge in [-0.25, -0.2) is 4.98 Å². The molecule has 2 heterocycles. The first-order valence-electron chi connectivity index (χ1n) is 9.64. The van der Waals surface area contributed by atoms with Crippen LogP contribution in [0.1, 0.15) is 41.5 Å². The predicted octanol–water partition coefficient (Wildman–Crippen LogP) is 2.68. The molecule has 1 aromatic carbocycles. The van der Waals surface area contributed by atoms with Crippen LogP contribution in [0.5, 0.6) is 0 Å². The number of aryl methyl sites for hydroxylation is 1. The van der Waals surface area contributed by atoms with E-state index in [0.717, 1.165) is 32.0 Å². The van der Waals surface area contributed by atoms with Crippen LogP contribution in [-0.4, -0.2) is 62.9 Å². The van der Waals surface area contributed by atoms with Crippen LogP contribution >= 0.6 is 0 Å². The topological polar surface area (TPSA) is 84.5 Å². The lowest BCUT2D eigenvalue weighted by atomic mass is 10.1. The quantitative estimate of drug-likeness (QED) is 0.564. The molecule has 28 heavy (non-hydrogen) atoms. The number of amides is 1. The van der Waals surface area contributed by atoms with Gasteiger partial charge in [-0.15, -0.1) is 0 Å². The second-order valence-corrected chi connectivity index (χ2v) is 7.53. The number of hydrogen-bond acceptors (Lipinski definition) is 5. The molecule has 0 bridgehead atoms. The highest BCUT2D eigenvalue weighted by molar-refractivity contribution is 5.95. The second kappa shape index (κ2) is 8.52. The van der Waals surface area contributed by atoms with E-state index in [1.165, 1.54) is 6.07 Å². The molecule has 0 atom stereocenters. The summed E-state index contributed by atoms with van der Waals surface area (Å²) in [6, 6.07) is 4.69. The Hall–Kier alpha value is -2.74. The van der Waals surface area contributed by atoms with Crippen LogP contribution in [0.2, 0.25) is 0 Å². The molecule has 1 aliphatic heterocycles. The van der Waals surface area contributed by atoms with Crippen molar-refractivity contribution in [2.24, 2.45) is 0 Å². The van der Waals surface area contributed by atoms with Crippen molar-refractivity contribution in [1.29, 1.82) is 0 Å². The smallest absolute Gasteiger partial charge is 0.273 e. The number of nitrogens with zero attached hydrogens (tertiary/aromatic N) is 5. The number of nitro benzene ring substituents is 1. The van der Waals surface area contributed by atoms with Gasteiger partial charge in [0.25, 0.3) is 11.6 Å². The zero-order valence-corrected chi connectivity index (χ0v) is 16.7. The lowest BCUT2D eigenvalue weighted by Crippen LogP contribution is -2.49. The van der Waals surface area contributed by atoms with E-state index >= 15 is 0 Å².